The van der Waals surface area contributed by atoms with Crippen molar-refractivity contribution < 1.29 is 24.5 Å². The molecule has 6 nitrogen and oxygen atoms in total. The second-order valence-electron chi connectivity index (χ2n) is 26.0. The molecule has 1 amide bonds. The van der Waals surface area contributed by atoms with E-state index in [1.807, 2.05) is 6.08 Å². The van der Waals surface area contributed by atoms with E-state index in [1.54, 1.807) is 6.08 Å². The average Bonchev–Trinajstić information content (AvgIpc) is 3.49. The van der Waals surface area contributed by atoms with Crippen LogP contribution in [-0.2, 0) is 14.3 Å². The Kier molecular flexibility index (Phi) is 70.9. The number of esters is 1. The number of unbranched alkanes of at least 4 members (excludes halogenated alkanes) is 56. The van der Waals surface area contributed by atoms with Crippen LogP contribution < -0.4 is 5.32 Å². The highest BCUT2D eigenvalue weighted by Gasteiger charge is 2.18. The van der Waals surface area contributed by atoms with E-state index in [9.17, 15) is 19.8 Å². The normalized spacial score (nSPS) is 12.7. The van der Waals surface area contributed by atoms with Gasteiger partial charge in [-0.1, -0.05) is 359 Å². The summed E-state index contributed by atoms with van der Waals surface area (Å²) in [4.78, 5) is 24.5. The van der Waals surface area contributed by atoms with E-state index in [0.29, 0.717) is 19.4 Å². The molecule has 0 aliphatic carbocycles. The summed E-state index contributed by atoms with van der Waals surface area (Å²) in [5.74, 6) is -0.0493. The molecule has 0 aromatic carbocycles. The smallest absolute Gasteiger partial charge is 0.305 e. The monoisotopic (exact) mass is 1170 g/mol. The summed E-state index contributed by atoms with van der Waals surface area (Å²) >= 11 is 0. The molecule has 490 valence electrons. The number of hydrogen-bond acceptors (Lipinski definition) is 5. The third-order valence-electron chi connectivity index (χ3n) is 17.6. The molecule has 0 heterocycles. The van der Waals surface area contributed by atoms with Crippen LogP contribution in [0.15, 0.2) is 36.5 Å². The summed E-state index contributed by atoms with van der Waals surface area (Å²) in [5.41, 5.74) is 0. The lowest BCUT2D eigenvalue weighted by Crippen LogP contribution is -2.45. The number of carbonyl (C=O) groups excluding carboxylic acids is 2. The van der Waals surface area contributed by atoms with Gasteiger partial charge in [-0.25, -0.2) is 0 Å². The Bertz CT molecular complexity index is 1340. The van der Waals surface area contributed by atoms with Gasteiger partial charge in [-0.2, -0.15) is 0 Å². The number of ether oxygens (including phenoxy) is 1. The molecule has 2 atom stereocenters. The van der Waals surface area contributed by atoms with Crippen LogP contribution in [0.5, 0.6) is 0 Å². The van der Waals surface area contributed by atoms with Crippen LogP contribution in [0.1, 0.15) is 418 Å². The molecule has 0 radical (unpaired) electrons. The van der Waals surface area contributed by atoms with Crippen molar-refractivity contribution >= 4 is 11.9 Å². The third-order valence-corrected chi connectivity index (χ3v) is 17.6. The third kappa shape index (κ3) is 69.1. The topological polar surface area (TPSA) is 95.9 Å². The van der Waals surface area contributed by atoms with Crippen LogP contribution in [0.3, 0.4) is 0 Å². The Morgan fingerprint density at radius 2 is 0.566 bits per heavy atom. The van der Waals surface area contributed by atoms with Gasteiger partial charge in [0.25, 0.3) is 0 Å². The van der Waals surface area contributed by atoms with E-state index in [1.165, 1.54) is 347 Å². The summed E-state index contributed by atoms with van der Waals surface area (Å²) in [6.07, 6.45) is 94.0. The van der Waals surface area contributed by atoms with E-state index in [-0.39, 0.29) is 18.5 Å². The fourth-order valence-corrected chi connectivity index (χ4v) is 11.9. The lowest BCUT2D eigenvalue weighted by atomic mass is 10.0. The number of nitrogens with one attached hydrogen (secondary N) is 1. The van der Waals surface area contributed by atoms with Crippen molar-refractivity contribution in [2.45, 2.75) is 431 Å². The van der Waals surface area contributed by atoms with E-state index in [0.717, 1.165) is 44.9 Å². The molecule has 0 aliphatic rings. The quantitative estimate of drug-likeness (QED) is 0.0320. The van der Waals surface area contributed by atoms with Gasteiger partial charge in [0.1, 0.15) is 0 Å². The second kappa shape index (κ2) is 72.6. The van der Waals surface area contributed by atoms with Crippen LogP contribution in [-0.4, -0.2) is 47.4 Å². The second-order valence-corrected chi connectivity index (χ2v) is 26.0. The number of carbonyl (C=O) groups is 2. The summed E-state index contributed by atoms with van der Waals surface area (Å²) in [5, 5.41) is 23.2. The molecule has 2 unspecified atom stereocenters. The van der Waals surface area contributed by atoms with Gasteiger partial charge in [-0.15, -0.1) is 0 Å². The first kappa shape index (κ1) is 81.1. The Labute approximate surface area is 519 Å². The first-order valence-electron chi connectivity index (χ1n) is 37.8. The summed E-state index contributed by atoms with van der Waals surface area (Å²) in [6.45, 7) is 4.91. The standard InChI is InChI=1S/C77H147NO5/c1-3-5-7-9-11-13-15-17-18-40-43-46-49-53-57-61-65-69-75(80)74(73-79)78-76(81)70-66-62-58-54-50-47-44-41-38-36-34-32-30-28-26-24-22-20-19-21-23-25-27-29-31-33-35-37-39-42-45-48-52-56-60-64-68-72-83-77(82)71-67-63-59-55-51-16-14-12-10-8-6-4-2/h12,14,19,21,65,69,74-75,79-80H,3-11,13,15-18,20,22-64,66-68,70-73H2,1-2H3,(H,78,81)/b14-12-,21-19-,69-65+. The molecule has 0 aliphatic heterocycles. The maximum atomic E-state index is 12.5. The molecule has 3 N–H and O–H groups in total. The summed E-state index contributed by atoms with van der Waals surface area (Å²) in [6, 6.07) is -0.625. The van der Waals surface area contributed by atoms with Crippen LogP contribution in [0.25, 0.3) is 0 Å². The van der Waals surface area contributed by atoms with E-state index < -0.39 is 12.1 Å². The fourth-order valence-electron chi connectivity index (χ4n) is 11.9. The van der Waals surface area contributed by atoms with E-state index >= 15 is 0 Å². The zero-order chi connectivity index (χ0) is 59.9. The molecule has 0 saturated carbocycles. The predicted molar refractivity (Wildman–Crippen MR) is 366 cm³/mol. The predicted octanol–water partition coefficient (Wildman–Crippen LogP) is 24.7. The molecule has 0 aromatic heterocycles. The van der Waals surface area contributed by atoms with Crippen LogP contribution in [0.2, 0.25) is 0 Å². The van der Waals surface area contributed by atoms with Gasteiger partial charge in [0.2, 0.25) is 5.91 Å². The Balaban J connectivity index is 3.35. The number of aliphatic hydroxyl groups is 2. The highest BCUT2D eigenvalue weighted by atomic mass is 16.5. The minimum absolute atomic E-state index is 0.0115. The molecule has 0 bridgehead atoms. The molecule has 0 fully saturated rings. The van der Waals surface area contributed by atoms with Crippen molar-refractivity contribution in [2.24, 2.45) is 0 Å². The van der Waals surface area contributed by atoms with Gasteiger partial charge in [0.15, 0.2) is 0 Å². The molecule has 0 aromatic rings. The van der Waals surface area contributed by atoms with Gasteiger partial charge in [0.05, 0.1) is 25.4 Å². The van der Waals surface area contributed by atoms with Crippen molar-refractivity contribution in [3.05, 3.63) is 36.5 Å². The molecular weight excluding hydrogens is 1020 g/mol. The minimum atomic E-state index is -0.842. The minimum Gasteiger partial charge on any atom is -0.466 e. The van der Waals surface area contributed by atoms with E-state index in [4.69, 9.17) is 4.74 Å². The van der Waals surface area contributed by atoms with Crippen molar-refractivity contribution in [3.8, 4) is 0 Å². The largest absolute Gasteiger partial charge is 0.466 e. The van der Waals surface area contributed by atoms with Crippen molar-refractivity contribution in [1.82, 2.24) is 5.32 Å². The van der Waals surface area contributed by atoms with Crippen LogP contribution in [0, 0.1) is 0 Å². The van der Waals surface area contributed by atoms with Gasteiger partial charge in [0, 0.05) is 12.8 Å². The molecule has 0 spiro atoms. The SMILES string of the molecule is CCCCC/C=C\CCCCCCCC(=O)OCCCCCCCCCCCCCCCCCC/C=C\CCCCCCCCCCCCCCCCCCCC(=O)NC(CO)C(O)/C=C/CCCCCCCCCCCCCCCCC. The number of allylic oxidation sites excluding steroid dienone is 5. The Hall–Kier alpha value is -1.92. The van der Waals surface area contributed by atoms with Crippen LogP contribution in [0.4, 0.5) is 0 Å². The zero-order valence-corrected chi connectivity index (χ0v) is 56.2. The fraction of sp³-hybridized carbons (Fsp3) is 0.896. The first-order chi connectivity index (χ1) is 41.0. The number of aliphatic hydroxyl groups excluding tert-OH is 2. The highest BCUT2D eigenvalue weighted by Crippen LogP contribution is 2.19. The van der Waals surface area contributed by atoms with Crippen LogP contribution >= 0.6 is 0 Å². The summed E-state index contributed by atoms with van der Waals surface area (Å²) < 4.78 is 5.48. The van der Waals surface area contributed by atoms with Gasteiger partial charge in [-0.05, 0) is 83.5 Å². The lowest BCUT2D eigenvalue weighted by Gasteiger charge is -2.20. The highest BCUT2D eigenvalue weighted by molar-refractivity contribution is 5.76. The molecule has 0 rings (SSSR count). The number of hydrogen-bond donors (Lipinski definition) is 3. The Morgan fingerprint density at radius 3 is 0.880 bits per heavy atom. The maximum Gasteiger partial charge on any atom is 0.305 e. The molecule has 0 saturated heterocycles. The zero-order valence-electron chi connectivity index (χ0n) is 56.2. The molecule has 83 heavy (non-hydrogen) atoms. The van der Waals surface area contributed by atoms with Crippen molar-refractivity contribution in [3.63, 3.8) is 0 Å². The molecular formula is C77H147NO5. The van der Waals surface area contributed by atoms with Gasteiger partial charge in [-0.3, -0.25) is 9.59 Å². The summed E-state index contributed by atoms with van der Waals surface area (Å²) in [7, 11) is 0. The Morgan fingerprint density at radius 1 is 0.325 bits per heavy atom. The van der Waals surface area contributed by atoms with Crippen molar-refractivity contribution in [1.29, 1.82) is 0 Å². The molecule has 6 heteroatoms. The average molecular weight is 1170 g/mol. The number of amides is 1. The van der Waals surface area contributed by atoms with Gasteiger partial charge < -0.3 is 20.3 Å². The number of rotatable bonds is 71. The van der Waals surface area contributed by atoms with Crippen molar-refractivity contribution in [2.75, 3.05) is 13.2 Å². The lowest BCUT2D eigenvalue weighted by molar-refractivity contribution is -0.143. The maximum absolute atomic E-state index is 12.5. The van der Waals surface area contributed by atoms with Gasteiger partial charge >= 0.3 is 5.97 Å². The van der Waals surface area contributed by atoms with E-state index in [2.05, 4.69) is 43.5 Å². The first-order valence-corrected chi connectivity index (χ1v) is 37.8.